The molecule has 134 valence electrons. The van der Waals surface area contributed by atoms with Gasteiger partial charge in [-0.2, -0.15) is 0 Å². The summed E-state index contributed by atoms with van der Waals surface area (Å²) in [7, 11) is 3.15. The zero-order valence-corrected chi connectivity index (χ0v) is 15.3. The molecule has 5 nitrogen and oxygen atoms in total. The number of pyridine rings is 1. The first-order chi connectivity index (χ1) is 11.8. The molecule has 0 aliphatic heterocycles. The van der Waals surface area contributed by atoms with Gasteiger partial charge >= 0.3 is 0 Å². The normalized spacial score (nSPS) is 13.3. The molecule has 0 amide bonds. The quantitative estimate of drug-likeness (QED) is 0.806. The number of methoxy groups -OCH3 is 2. The average Bonchev–Trinajstić information content (AvgIpc) is 2.60. The second-order valence-electron chi connectivity index (χ2n) is 6.72. The van der Waals surface area contributed by atoms with Crippen molar-refractivity contribution in [3.05, 3.63) is 54.0 Å². The first-order valence-corrected chi connectivity index (χ1v) is 8.04. The molecular formula is C20H25NO4. The van der Waals surface area contributed by atoms with Crippen LogP contribution in [-0.2, 0) is 0 Å². The first-order valence-electron chi connectivity index (χ1n) is 8.04. The first kappa shape index (κ1) is 18.8. The SMILES string of the molecule is COc1ccc(O/C(=C/c2cccnc2)C(O)C(C)(C)C)c(OC)c1. The minimum atomic E-state index is -0.806. The average molecular weight is 343 g/mol. The molecule has 25 heavy (non-hydrogen) atoms. The predicted octanol–water partition coefficient (Wildman–Crippen LogP) is 3.93. The Balaban J connectivity index is 2.42. The standard InChI is InChI=1S/C20H25NO4/c1-20(2,3)19(22)18(11-14-7-6-10-21-13-14)25-16-9-8-15(23-4)12-17(16)24-5/h6-13,19,22H,1-5H3/b18-11+. The van der Waals surface area contributed by atoms with E-state index in [-0.39, 0.29) is 0 Å². The van der Waals surface area contributed by atoms with Gasteiger partial charge in [-0.3, -0.25) is 4.98 Å². The molecule has 1 atom stereocenters. The minimum Gasteiger partial charge on any atom is -0.497 e. The highest BCUT2D eigenvalue weighted by molar-refractivity contribution is 5.53. The number of ether oxygens (including phenoxy) is 3. The lowest BCUT2D eigenvalue weighted by Crippen LogP contribution is -2.30. The van der Waals surface area contributed by atoms with Crippen molar-refractivity contribution in [2.75, 3.05) is 14.2 Å². The number of hydrogen-bond acceptors (Lipinski definition) is 5. The van der Waals surface area contributed by atoms with Crippen LogP contribution in [0.25, 0.3) is 6.08 Å². The van der Waals surface area contributed by atoms with Gasteiger partial charge in [0.2, 0.25) is 0 Å². The summed E-state index contributed by atoms with van der Waals surface area (Å²) in [5.74, 6) is 2.11. The van der Waals surface area contributed by atoms with Crippen LogP contribution in [0, 0.1) is 5.41 Å². The number of benzene rings is 1. The lowest BCUT2D eigenvalue weighted by molar-refractivity contribution is 0.0635. The summed E-state index contributed by atoms with van der Waals surface area (Å²) in [6.07, 6.45) is 4.39. The van der Waals surface area contributed by atoms with Crippen molar-refractivity contribution >= 4 is 6.08 Å². The number of rotatable bonds is 6. The Bertz CT molecular complexity index is 720. The summed E-state index contributed by atoms with van der Waals surface area (Å²) in [6.45, 7) is 5.84. The van der Waals surface area contributed by atoms with Crippen molar-refractivity contribution in [2.24, 2.45) is 5.41 Å². The zero-order valence-electron chi connectivity index (χ0n) is 15.3. The molecule has 2 rings (SSSR count). The smallest absolute Gasteiger partial charge is 0.169 e. The second-order valence-corrected chi connectivity index (χ2v) is 6.72. The molecular weight excluding hydrogens is 318 g/mol. The maximum Gasteiger partial charge on any atom is 0.169 e. The molecule has 5 heteroatoms. The molecule has 1 heterocycles. The number of aliphatic hydroxyl groups is 1. The molecule has 1 aromatic carbocycles. The molecule has 0 saturated heterocycles. The van der Waals surface area contributed by atoms with Crippen LogP contribution >= 0.6 is 0 Å². The molecule has 2 aromatic rings. The van der Waals surface area contributed by atoms with Gasteiger partial charge in [-0.15, -0.1) is 0 Å². The Morgan fingerprint density at radius 1 is 1.12 bits per heavy atom. The molecule has 0 saturated carbocycles. The third-order valence-corrected chi connectivity index (χ3v) is 3.68. The van der Waals surface area contributed by atoms with Gasteiger partial charge in [-0.05, 0) is 35.3 Å². The summed E-state index contributed by atoms with van der Waals surface area (Å²) in [4.78, 5) is 4.10. The highest BCUT2D eigenvalue weighted by Gasteiger charge is 2.28. The number of aliphatic hydroxyl groups excluding tert-OH is 1. The molecule has 0 bridgehead atoms. The Morgan fingerprint density at radius 3 is 2.44 bits per heavy atom. The molecule has 0 fully saturated rings. The Labute approximate surface area is 148 Å². The molecule has 0 radical (unpaired) electrons. The van der Waals surface area contributed by atoms with E-state index in [1.807, 2.05) is 32.9 Å². The lowest BCUT2D eigenvalue weighted by atomic mass is 9.87. The van der Waals surface area contributed by atoms with E-state index in [0.717, 1.165) is 5.56 Å². The van der Waals surface area contributed by atoms with E-state index in [2.05, 4.69) is 4.98 Å². The predicted molar refractivity (Wildman–Crippen MR) is 97.8 cm³/mol. The van der Waals surface area contributed by atoms with Gasteiger partial charge in [-0.1, -0.05) is 26.8 Å². The molecule has 1 N–H and O–H groups in total. The Hall–Kier alpha value is -2.53. The third kappa shape index (κ3) is 4.97. The van der Waals surface area contributed by atoms with Crippen LogP contribution in [0.2, 0.25) is 0 Å². The van der Waals surface area contributed by atoms with Gasteiger partial charge in [0.25, 0.3) is 0 Å². The van der Waals surface area contributed by atoms with Crippen LogP contribution in [0.5, 0.6) is 17.2 Å². The highest BCUT2D eigenvalue weighted by Crippen LogP contribution is 2.35. The van der Waals surface area contributed by atoms with Crippen molar-refractivity contribution in [2.45, 2.75) is 26.9 Å². The summed E-state index contributed by atoms with van der Waals surface area (Å²) in [6, 6.07) is 9.01. The van der Waals surface area contributed by atoms with Crippen molar-refractivity contribution < 1.29 is 19.3 Å². The lowest BCUT2D eigenvalue weighted by Gasteiger charge is -2.28. The monoisotopic (exact) mass is 343 g/mol. The van der Waals surface area contributed by atoms with E-state index in [0.29, 0.717) is 23.0 Å². The maximum atomic E-state index is 10.8. The second kappa shape index (κ2) is 8.03. The van der Waals surface area contributed by atoms with E-state index in [9.17, 15) is 5.11 Å². The Morgan fingerprint density at radius 2 is 1.88 bits per heavy atom. The van der Waals surface area contributed by atoms with Crippen molar-refractivity contribution in [3.8, 4) is 17.2 Å². The summed E-state index contributed by atoms with van der Waals surface area (Å²) >= 11 is 0. The van der Waals surface area contributed by atoms with Crippen molar-refractivity contribution in [1.82, 2.24) is 4.98 Å². The minimum absolute atomic E-state index is 0.395. The third-order valence-electron chi connectivity index (χ3n) is 3.68. The zero-order chi connectivity index (χ0) is 18.4. The molecule has 0 spiro atoms. The van der Waals surface area contributed by atoms with E-state index >= 15 is 0 Å². The largest absolute Gasteiger partial charge is 0.497 e. The van der Waals surface area contributed by atoms with Crippen LogP contribution in [0.3, 0.4) is 0 Å². The fourth-order valence-corrected chi connectivity index (χ4v) is 2.20. The van der Waals surface area contributed by atoms with Crippen LogP contribution in [0.15, 0.2) is 48.5 Å². The molecule has 0 aliphatic rings. The molecule has 1 aromatic heterocycles. The van der Waals surface area contributed by atoms with Gasteiger partial charge in [0.1, 0.15) is 17.6 Å². The van der Waals surface area contributed by atoms with Crippen molar-refractivity contribution in [1.29, 1.82) is 0 Å². The van der Waals surface area contributed by atoms with Crippen molar-refractivity contribution in [3.63, 3.8) is 0 Å². The number of hydrogen-bond donors (Lipinski definition) is 1. The van der Waals surface area contributed by atoms with E-state index in [1.165, 1.54) is 0 Å². The van der Waals surface area contributed by atoms with Crippen LogP contribution in [0.4, 0.5) is 0 Å². The van der Waals surface area contributed by atoms with Crippen LogP contribution in [-0.4, -0.2) is 30.4 Å². The fourth-order valence-electron chi connectivity index (χ4n) is 2.20. The van der Waals surface area contributed by atoms with E-state index in [4.69, 9.17) is 14.2 Å². The van der Waals surface area contributed by atoms with Gasteiger partial charge in [0.15, 0.2) is 11.5 Å². The van der Waals surface area contributed by atoms with Crippen LogP contribution < -0.4 is 14.2 Å². The topological polar surface area (TPSA) is 60.8 Å². The number of aromatic nitrogens is 1. The Kier molecular flexibility index (Phi) is 6.04. The van der Waals surface area contributed by atoms with Gasteiger partial charge < -0.3 is 19.3 Å². The molecule has 0 aliphatic carbocycles. The summed E-state index contributed by atoms with van der Waals surface area (Å²) in [5, 5.41) is 10.8. The fraction of sp³-hybridized carbons (Fsp3) is 0.350. The summed E-state index contributed by atoms with van der Waals surface area (Å²) < 4.78 is 16.6. The maximum absolute atomic E-state index is 10.8. The summed E-state index contributed by atoms with van der Waals surface area (Å²) in [5.41, 5.74) is 0.446. The van der Waals surface area contributed by atoms with Crippen LogP contribution in [0.1, 0.15) is 26.3 Å². The van der Waals surface area contributed by atoms with E-state index < -0.39 is 11.5 Å². The molecule has 1 unspecified atom stereocenters. The van der Waals surface area contributed by atoms with Gasteiger partial charge in [0, 0.05) is 18.5 Å². The van der Waals surface area contributed by atoms with E-state index in [1.54, 1.807) is 50.9 Å². The van der Waals surface area contributed by atoms with Gasteiger partial charge in [-0.25, -0.2) is 0 Å². The van der Waals surface area contributed by atoms with Gasteiger partial charge in [0.05, 0.1) is 14.2 Å². The highest BCUT2D eigenvalue weighted by atomic mass is 16.5. The number of nitrogens with zero attached hydrogens (tertiary/aromatic N) is 1.